The second-order valence-corrected chi connectivity index (χ2v) is 5.79. The lowest BCUT2D eigenvalue weighted by molar-refractivity contribution is 0.290. The zero-order valence-electron chi connectivity index (χ0n) is 13.3. The van der Waals surface area contributed by atoms with Crippen molar-refractivity contribution in [3.8, 4) is 0 Å². The Morgan fingerprint density at radius 1 is 1.15 bits per heavy atom. The quantitative estimate of drug-likeness (QED) is 0.769. The van der Waals surface area contributed by atoms with E-state index in [-0.39, 0.29) is 0 Å². The van der Waals surface area contributed by atoms with Gasteiger partial charge in [0, 0.05) is 19.5 Å². The lowest BCUT2D eigenvalue weighted by Gasteiger charge is -2.19. The smallest absolute Gasteiger partial charge is 0.110 e. The first-order valence-electron chi connectivity index (χ1n) is 7.82. The summed E-state index contributed by atoms with van der Waals surface area (Å²) < 4.78 is 2.41. The molecule has 2 rings (SSSR count). The van der Waals surface area contributed by atoms with Crippen LogP contribution in [0.1, 0.15) is 33.5 Å². The molecule has 20 heavy (non-hydrogen) atoms. The van der Waals surface area contributed by atoms with Gasteiger partial charge in [0.1, 0.15) is 5.82 Å². The second-order valence-electron chi connectivity index (χ2n) is 5.79. The molecule has 110 valence electrons. The Labute approximate surface area is 122 Å². The minimum atomic E-state index is 0.638. The summed E-state index contributed by atoms with van der Waals surface area (Å²) in [6.07, 6.45) is 1.05. The van der Waals surface area contributed by atoms with E-state index in [1.807, 2.05) is 0 Å². The molecular formula is C17H27N3. The molecule has 0 aliphatic carbocycles. The monoisotopic (exact) mass is 273 g/mol. The van der Waals surface area contributed by atoms with E-state index in [2.05, 4.69) is 61.4 Å². The van der Waals surface area contributed by atoms with Gasteiger partial charge in [-0.15, -0.1) is 0 Å². The zero-order chi connectivity index (χ0) is 14.5. The second kappa shape index (κ2) is 6.89. The molecule has 0 amide bonds. The molecular weight excluding hydrogens is 246 g/mol. The molecule has 0 saturated carbocycles. The average Bonchev–Trinajstić information content (AvgIpc) is 2.77. The number of likely N-dealkylation sites (N-methyl/N-ethyl adjacent to an activating group) is 1. The highest BCUT2D eigenvalue weighted by Crippen LogP contribution is 2.18. The molecule has 3 nitrogen and oxygen atoms in total. The normalized spacial score (nSPS) is 11.9. The van der Waals surface area contributed by atoms with Crippen molar-refractivity contribution < 1.29 is 0 Å². The van der Waals surface area contributed by atoms with Gasteiger partial charge in [0.2, 0.25) is 0 Å². The Kier molecular flexibility index (Phi) is 5.18. The summed E-state index contributed by atoms with van der Waals surface area (Å²) in [7, 11) is 0. The van der Waals surface area contributed by atoms with Crippen LogP contribution in [-0.4, -0.2) is 34.1 Å². The third kappa shape index (κ3) is 3.40. The zero-order valence-corrected chi connectivity index (χ0v) is 13.3. The fraction of sp³-hybridized carbons (Fsp3) is 0.588. The molecule has 0 bridgehead atoms. The third-order valence-corrected chi connectivity index (χ3v) is 3.86. The number of nitrogens with zero attached hydrogens (tertiary/aromatic N) is 3. The van der Waals surface area contributed by atoms with Gasteiger partial charge in [-0.2, -0.15) is 0 Å². The van der Waals surface area contributed by atoms with Crippen molar-refractivity contribution in [3.05, 3.63) is 30.1 Å². The van der Waals surface area contributed by atoms with E-state index in [4.69, 9.17) is 4.98 Å². The molecule has 0 spiro atoms. The summed E-state index contributed by atoms with van der Waals surface area (Å²) in [6, 6.07) is 8.49. The average molecular weight is 273 g/mol. The van der Waals surface area contributed by atoms with Crippen molar-refractivity contribution in [2.75, 3.05) is 19.6 Å². The highest BCUT2D eigenvalue weighted by Gasteiger charge is 2.12. The number of para-hydroxylation sites is 2. The van der Waals surface area contributed by atoms with Gasteiger partial charge in [0.15, 0.2) is 0 Å². The number of hydrogen-bond acceptors (Lipinski definition) is 2. The fourth-order valence-corrected chi connectivity index (χ4v) is 2.68. The summed E-state index contributed by atoms with van der Waals surface area (Å²) in [5, 5.41) is 0. The van der Waals surface area contributed by atoms with Crippen LogP contribution in [0.5, 0.6) is 0 Å². The first kappa shape index (κ1) is 15.0. The molecule has 0 radical (unpaired) electrons. The molecule has 1 aromatic carbocycles. The van der Waals surface area contributed by atoms with Crippen LogP contribution < -0.4 is 0 Å². The molecule has 3 heteroatoms. The molecule has 0 fully saturated rings. The maximum absolute atomic E-state index is 4.83. The highest BCUT2D eigenvalue weighted by atomic mass is 15.2. The summed E-state index contributed by atoms with van der Waals surface area (Å²) in [5.41, 5.74) is 2.40. The molecule has 0 atom stereocenters. The van der Waals surface area contributed by atoms with Gasteiger partial charge in [0.25, 0.3) is 0 Å². The molecule has 0 aliphatic heterocycles. The largest absolute Gasteiger partial charge is 0.327 e. The summed E-state index contributed by atoms with van der Waals surface area (Å²) >= 11 is 0. The van der Waals surface area contributed by atoms with E-state index in [0.717, 1.165) is 38.1 Å². The van der Waals surface area contributed by atoms with Crippen LogP contribution in [0.15, 0.2) is 24.3 Å². The van der Waals surface area contributed by atoms with Crippen LogP contribution in [0.3, 0.4) is 0 Å². The van der Waals surface area contributed by atoms with Gasteiger partial charge in [-0.3, -0.25) is 0 Å². The predicted octanol–water partition coefficient (Wildman–Crippen LogP) is 3.58. The Balaban J connectivity index is 2.28. The van der Waals surface area contributed by atoms with Crippen LogP contribution in [0, 0.1) is 5.92 Å². The van der Waals surface area contributed by atoms with Crippen LogP contribution in [-0.2, 0) is 13.0 Å². The number of fused-ring (bicyclic) bond motifs is 1. The Morgan fingerprint density at radius 2 is 1.85 bits per heavy atom. The Morgan fingerprint density at radius 3 is 2.50 bits per heavy atom. The van der Waals surface area contributed by atoms with Crippen molar-refractivity contribution in [2.24, 2.45) is 5.92 Å². The minimum absolute atomic E-state index is 0.638. The highest BCUT2D eigenvalue weighted by molar-refractivity contribution is 5.75. The fourth-order valence-electron chi connectivity index (χ4n) is 2.68. The van der Waals surface area contributed by atoms with E-state index in [9.17, 15) is 0 Å². The van der Waals surface area contributed by atoms with Gasteiger partial charge >= 0.3 is 0 Å². The molecule has 1 heterocycles. The Hall–Kier alpha value is -1.35. The number of aromatic nitrogens is 2. The Bertz CT molecular complexity index is 538. The first-order valence-corrected chi connectivity index (χ1v) is 7.82. The van der Waals surface area contributed by atoms with E-state index in [1.54, 1.807) is 0 Å². The maximum atomic E-state index is 4.83. The SMILES string of the molecule is CCN(CC)CCn1c(CC(C)C)nc2ccccc21. The van der Waals surface area contributed by atoms with Gasteiger partial charge in [-0.1, -0.05) is 39.8 Å². The van der Waals surface area contributed by atoms with Crippen molar-refractivity contribution in [1.29, 1.82) is 0 Å². The van der Waals surface area contributed by atoms with Crippen molar-refractivity contribution in [2.45, 2.75) is 40.7 Å². The summed E-state index contributed by atoms with van der Waals surface area (Å²) in [4.78, 5) is 7.29. The third-order valence-electron chi connectivity index (χ3n) is 3.86. The molecule has 0 unspecified atom stereocenters. The predicted molar refractivity (Wildman–Crippen MR) is 86.1 cm³/mol. The number of rotatable bonds is 7. The summed E-state index contributed by atoms with van der Waals surface area (Å²) in [6.45, 7) is 13.3. The van der Waals surface area contributed by atoms with Crippen LogP contribution >= 0.6 is 0 Å². The van der Waals surface area contributed by atoms with Crippen LogP contribution in [0.25, 0.3) is 11.0 Å². The van der Waals surface area contributed by atoms with Crippen molar-refractivity contribution >= 4 is 11.0 Å². The van der Waals surface area contributed by atoms with E-state index >= 15 is 0 Å². The van der Waals surface area contributed by atoms with E-state index in [1.165, 1.54) is 11.3 Å². The van der Waals surface area contributed by atoms with Crippen LogP contribution in [0.4, 0.5) is 0 Å². The van der Waals surface area contributed by atoms with Crippen molar-refractivity contribution in [3.63, 3.8) is 0 Å². The molecule has 2 aromatic rings. The molecule has 0 aliphatic rings. The van der Waals surface area contributed by atoms with Crippen molar-refractivity contribution in [1.82, 2.24) is 14.5 Å². The number of benzene rings is 1. The topological polar surface area (TPSA) is 21.1 Å². The van der Waals surface area contributed by atoms with Gasteiger partial charge < -0.3 is 9.47 Å². The van der Waals surface area contributed by atoms with Gasteiger partial charge in [-0.25, -0.2) is 4.98 Å². The number of hydrogen-bond donors (Lipinski definition) is 0. The lowest BCUT2D eigenvalue weighted by Crippen LogP contribution is -2.27. The van der Waals surface area contributed by atoms with E-state index in [0.29, 0.717) is 5.92 Å². The summed E-state index contributed by atoms with van der Waals surface area (Å²) in [5.74, 6) is 1.87. The molecule has 1 aromatic heterocycles. The van der Waals surface area contributed by atoms with E-state index < -0.39 is 0 Å². The molecule has 0 N–H and O–H groups in total. The molecule has 0 saturated heterocycles. The minimum Gasteiger partial charge on any atom is -0.327 e. The van der Waals surface area contributed by atoms with Gasteiger partial charge in [-0.05, 0) is 31.1 Å². The van der Waals surface area contributed by atoms with Gasteiger partial charge in [0.05, 0.1) is 11.0 Å². The van der Waals surface area contributed by atoms with Crippen LogP contribution in [0.2, 0.25) is 0 Å². The standard InChI is InChI=1S/C17H27N3/c1-5-19(6-2)11-12-20-16-10-8-7-9-15(16)18-17(20)13-14(3)4/h7-10,14H,5-6,11-13H2,1-4H3. The number of imidazole rings is 1. The lowest BCUT2D eigenvalue weighted by atomic mass is 10.1. The first-order chi connectivity index (χ1) is 9.65. The maximum Gasteiger partial charge on any atom is 0.110 e.